The van der Waals surface area contributed by atoms with Gasteiger partial charge in [0, 0.05) is 5.92 Å². The van der Waals surface area contributed by atoms with Gasteiger partial charge in [0.15, 0.2) is 0 Å². The zero-order chi connectivity index (χ0) is 21.0. The monoisotopic (exact) mass is 400 g/mol. The molecule has 4 aromatic carbocycles. The Labute approximate surface area is 183 Å². The number of nitrogens with one attached hydrogen (secondary N) is 1. The quantitative estimate of drug-likeness (QED) is 0.280. The van der Waals surface area contributed by atoms with Crippen LogP contribution in [0.2, 0.25) is 0 Å². The lowest BCUT2D eigenvalue weighted by molar-refractivity contribution is 1.06. The molecule has 2 heteroatoms. The number of anilines is 1. The van der Waals surface area contributed by atoms with Crippen molar-refractivity contribution in [3.05, 3.63) is 137 Å². The lowest BCUT2D eigenvalue weighted by atomic mass is 9.83. The molecule has 0 aliphatic heterocycles. The third-order valence-electron chi connectivity index (χ3n) is 5.88. The van der Waals surface area contributed by atoms with Gasteiger partial charge in [0.1, 0.15) is 0 Å². The number of para-hydroxylation sites is 1. The van der Waals surface area contributed by atoms with Crippen LogP contribution in [0.25, 0.3) is 11.6 Å². The summed E-state index contributed by atoms with van der Waals surface area (Å²) in [6.07, 6.45) is 4.26. The van der Waals surface area contributed by atoms with E-state index >= 15 is 0 Å². The molecule has 5 rings (SSSR count). The number of rotatable bonds is 5. The summed E-state index contributed by atoms with van der Waals surface area (Å²) in [7, 11) is 0. The number of hydrazone groups is 1. The highest BCUT2D eigenvalue weighted by atomic mass is 15.3. The maximum Gasteiger partial charge on any atom is 0.0590 e. The molecule has 0 fully saturated rings. The number of benzene rings is 4. The van der Waals surface area contributed by atoms with Crippen LogP contribution in [0.3, 0.4) is 0 Å². The smallest absolute Gasteiger partial charge is 0.0590 e. The molecule has 1 atom stereocenters. The summed E-state index contributed by atoms with van der Waals surface area (Å²) >= 11 is 0. The minimum atomic E-state index is 0.180. The van der Waals surface area contributed by atoms with E-state index in [2.05, 4.69) is 108 Å². The van der Waals surface area contributed by atoms with E-state index in [0.717, 1.165) is 11.3 Å². The van der Waals surface area contributed by atoms with Gasteiger partial charge < -0.3 is 0 Å². The Morgan fingerprint density at radius 3 is 2.23 bits per heavy atom. The van der Waals surface area contributed by atoms with E-state index in [1.165, 1.54) is 33.4 Å². The number of fused-ring (bicyclic) bond motifs is 1. The fraction of sp³-hybridized carbons (Fsp3) is 0.0690. The fourth-order valence-corrected chi connectivity index (χ4v) is 4.30. The summed E-state index contributed by atoms with van der Waals surface area (Å²) in [6, 6.07) is 36.1. The van der Waals surface area contributed by atoms with E-state index in [9.17, 15) is 0 Å². The second kappa shape index (κ2) is 8.45. The standard InChI is InChI=1S/C29H24N2/c1-21-11-5-10-18-28(21)31-30-20-24-15-7-9-17-26(24)29-25-16-8-6-14-23(25)19-27(29)22-12-3-2-4-13-22/h2-20,29,31H,1H3/b30-20+. The van der Waals surface area contributed by atoms with E-state index in [-0.39, 0.29) is 5.92 Å². The van der Waals surface area contributed by atoms with Gasteiger partial charge in [-0.15, -0.1) is 0 Å². The molecule has 0 saturated carbocycles. The van der Waals surface area contributed by atoms with Crippen molar-refractivity contribution >= 4 is 23.6 Å². The summed E-state index contributed by atoms with van der Waals surface area (Å²) in [5.74, 6) is 0.180. The van der Waals surface area contributed by atoms with Gasteiger partial charge in [-0.25, -0.2) is 0 Å². The molecule has 0 heterocycles. The molecule has 0 aromatic heterocycles. The van der Waals surface area contributed by atoms with Crippen molar-refractivity contribution in [2.24, 2.45) is 5.10 Å². The molecule has 1 aliphatic rings. The van der Waals surface area contributed by atoms with Crippen LogP contribution in [-0.2, 0) is 0 Å². The number of hydrogen-bond acceptors (Lipinski definition) is 2. The van der Waals surface area contributed by atoms with E-state index in [4.69, 9.17) is 0 Å². The molecule has 0 bridgehead atoms. The highest BCUT2D eigenvalue weighted by Gasteiger charge is 2.28. The Bertz CT molecular complexity index is 1270. The first kappa shape index (κ1) is 19.1. The lowest BCUT2D eigenvalue weighted by Gasteiger charge is -2.20. The molecule has 0 amide bonds. The first-order chi connectivity index (χ1) is 15.3. The molecule has 31 heavy (non-hydrogen) atoms. The van der Waals surface area contributed by atoms with Gasteiger partial charge in [-0.3, -0.25) is 5.43 Å². The number of aryl methyl sites for hydroxylation is 1. The van der Waals surface area contributed by atoms with Gasteiger partial charge in [-0.1, -0.05) is 97.1 Å². The molecule has 1 N–H and O–H groups in total. The largest absolute Gasteiger partial charge is 0.278 e. The van der Waals surface area contributed by atoms with Crippen LogP contribution in [0, 0.1) is 6.92 Å². The minimum absolute atomic E-state index is 0.180. The summed E-state index contributed by atoms with van der Waals surface area (Å²) in [6.45, 7) is 2.08. The SMILES string of the molecule is Cc1ccccc1N/N=C/c1ccccc1C1C(c2ccccc2)=Cc2ccccc21. The third kappa shape index (κ3) is 3.80. The average molecular weight is 401 g/mol. The maximum absolute atomic E-state index is 4.56. The topological polar surface area (TPSA) is 24.4 Å². The fourth-order valence-electron chi connectivity index (χ4n) is 4.30. The minimum Gasteiger partial charge on any atom is -0.278 e. The Morgan fingerprint density at radius 1 is 0.710 bits per heavy atom. The third-order valence-corrected chi connectivity index (χ3v) is 5.88. The van der Waals surface area contributed by atoms with E-state index < -0.39 is 0 Å². The van der Waals surface area contributed by atoms with Gasteiger partial charge in [-0.05, 0) is 58.0 Å². The first-order valence-electron chi connectivity index (χ1n) is 10.6. The lowest BCUT2D eigenvalue weighted by Crippen LogP contribution is -2.05. The van der Waals surface area contributed by atoms with E-state index in [0.29, 0.717) is 0 Å². The van der Waals surface area contributed by atoms with Crippen LogP contribution >= 0.6 is 0 Å². The first-order valence-corrected chi connectivity index (χ1v) is 10.6. The predicted molar refractivity (Wildman–Crippen MR) is 131 cm³/mol. The zero-order valence-electron chi connectivity index (χ0n) is 17.5. The number of hydrogen-bond donors (Lipinski definition) is 1. The van der Waals surface area contributed by atoms with E-state index in [1.807, 2.05) is 24.4 Å². The van der Waals surface area contributed by atoms with Gasteiger partial charge >= 0.3 is 0 Å². The highest BCUT2D eigenvalue weighted by Crippen LogP contribution is 2.46. The maximum atomic E-state index is 4.56. The van der Waals surface area contributed by atoms with Crippen molar-refractivity contribution < 1.29 is 0 Å². The van der Waals surface area contributed by atoms with Crippen molar-refractivity contribution in [1.29, 1.82) is 0 Å². The molecular formula is C29H24N2. The Morgan fingerprint density at radius 2 is 1.39 bits per heavy atom. The van der Waals surface area contributed by atoms with Crippen molar-refractivity contribution in [3.63, 3.8) is 0 Å². The molecule has 0 radical (unpaired) electrons. The summed E-state index contributed by atoms with van der Waals surface area (Å²) < 4.78 is 0. The Kier molecular flexibility index (Phi) is 5.20. The van der Waals surface area contributed by atoms with E-state index in [1.54, 1.807) is 0 Å². The molecular weight excluding hydrogens is 376 g/mol. The molecule has 0 saturated heterocycles. The van der Waals surface area contributed by atoms with Crippen LogP contribution in [-0.4, -0.2) is 6.21 Å². The van der Waals surface area contributed by atoms with Gasteiger partial charge in [0.05, 0.1) is 11.9 Å². The van der Waals surface area contributed by atoms with Gasteiger partial charge in [0.25, 0.3) is 0 Å². The number of nitrogens with zero attached hydrogens (tertiary/aromatic N) is 1. The van der Waals surface area contributed by atoms with Crippen molar-refractivity contribution in [2.45, 2.75) is 12.8 Å². The van der Waals surface area contributed by atoms with Crippen molar-refractivity contribution in [3.8, 4) is 0 Å². The molecule has 1 aliphatic carbocycles. The Balaban J connectivity index is 1.54. The van der Waals surface area contributed by atoms with Gasteiger partial charge in [0.2, 0.25) is 0 Å². The van der Waals surface area contributed by atoms with Crippen LogP contribution in [0.15, 0.2) is 108 Å². The summed E-state index contributed by atoms with van der Waals surface area (Å²) in [5.41, 5.74) is 13.0. The highest BCUT2D eigenvalue weighted by molar-refractivity contribution is 5.95. The van der Waals surface area contributed by atoms with Crippen LogP contribution in [0.4, 0.5) is 5.69 Å². The predicted octanol–water partition coefficient (Wildman–Crippen LogP) is 7.13. The van der Waals surface area contributed by atoms with Crippen LogP contribution in [0.1, 0.15) is 39.3 Å². The molecule has 4 aromatic rings. The van der Waals surface area contributed by atoms with Crippen molar-refractivity contribution in [1.82, 2.24) is 0 Å². The summed E-state index contributed by atoms with van der Waals surface area (Å²) in [5, 5.41) is 4.56. The molecule has 1 unspecified atom stereocenters. The molecule has 0 spiro atoms. The van der Waals surface area contributed by atoms with Crippen LogP contribution < -0.4 is 5.43 Å². The summed E-state index contributed by atoms with van der Waals surface area (Å²) in [4.78, 5) is 0. The normalized spacial score (nSPS) is 15.0. The Hall–Kier alpha value is -3.91. The zero-order valence-corrected chi connectivity index (χ0v) is 17.5. The molecule has 2 nitrogen and oxygen atoms in total. The average Bonchev–Trinajstić information content (AvgIpc) is 3.21. The second-order valence-corrected chi connectivity index (χ2v) is 7.84. The number of allylic oxidation sites excluding steroid dienone is 1. The van der Waals surface area contributed by atoms with Crippen molar-refractivity contribution in [2.75, 3.05) is 5.43 Å². The molecule has 150 valence electrons. The van der Waals surface area contributed by atoms with Crippen LogP contribution in [0.5, 0.6) is 0 Å². The van der Waals surface area contributed by atoms with Gasteiger partial charge in [-0.2, -0.15) is 5.10 Å². The second-order valence-electron chi connectivity index (χ2n) is 7.84.